The third-order valence-electron chi connectivity index (χ3n) is 5.06. The van der Waals surface area contributed by atoms with Gasteiger partial charge in [0.15, 0.2) is 5.65 Å². The molecule has 5 N–H and O–H groups in total. The highest BCUT2D eigenvalue weighted by Crippen LogP contribution is 2.25. The Balaban J connectivity index is 1.75. The molecule has 0 aliphatic carbocycles. The molecule has 1 fully saturated rings. The Kier molecular flexibility index (Phi) is 5.11. The molecule has 29 heavy (non-hydrogen) atoms. The maximum Gasteiger partial charge on any atom is 0.271 e. The number of nitrogens with one attached hydrogen (secondary N) is 1. The summed E-state index contributed by atoms with van der Waals surface area (Å²) in [5.41, 5.74) is 8.13. The van der Waals surface area contributed by atoms with Crippen molar-refractivity contribution in [3.8, 4) is 0 Å². The van der Waals surface area contributed by atoms with E-state index in [1.165, 1.54) is 0 Å². The van der Waals surface area contributed by atoms with E-state index < -0.39 is 5.91 Å². The van der Waals surface area contributed by atoms with Crippen LogP contribution >= 0.6 is 0 Å². The number of fused-ring (bicyclic) bond motifs is 1. The van der Waals surface area contributed by atoms with Gasteiger partial charge in [0.2, 0.25) is 11.8 Å². The first-order valence-corrected chi connectivity index (χ1v) is 9.55. The fraction of sp³-hybridized carbons (Fsp3) is 0.556. The van der Waals surface area contributed by atoms with Crippen molar-refractivity contribution >= 4 is 22.7 Å². The van der Waals surface area contributed by atoms with Crippen LogP contribution in [0.2, 0.25) is 0 Å². The molecular formula is C18H25N7O4. The Morgan fingerprint density at radius 1 is 1.34 bits per heavy atom. The Hall–Kier alpha value is -2.76. The van der Waals surface area contributed by atoms with Gasteiger partial charge in [0.1, 0.15) is 5.70 Å². The number of hydrogen-bond acceptors (Lipinski definition) is 10. The Bertz CT molecular complexity index is 976. The van der Waals surface area contributed by atoms with E-state index in [4.69, 9.17) is 20.2 Å². The van der Waals surface area contributed by atoms with Crippen LogP contribution in [0.25, 0.3) is 11.0 Å². The minimum absolute atomic E-state index is 0.0432. The Morgan fingerprint density at radius 2 is 2.10 bits per heavy atom. The molecule has 0 atom stereocenters. The fourth-order valence-electron chi connectivity index (χ4n) is 3.42. The van der Waals surface area contributed by atoms with Crippen LogP contribution in [0.4, 0.5) is 5.95 Å². The molecule has 0 unspecified atom stereocenters. The normalized spacial score (nSPS) is 23.5. The molecule has 4 heterocycles. The topological polar surface area (TPSA) is 153 Å². The lowest BCUT2D eigenvalue weighted by atomic mass is 10.1. The van der Waals surface area contributed by atoms with Crippen molar-refractivity contribution in [1.29, 1.82) is 0 Å². The van der Waals surface area contributed by atoms with Gasteiger partial charge in [-0.05, 0) is 26.7 Å². The molecule has 2 aromatic rings. The molecule has 2 aliphatic heterocycles. The quantitative estimate of drug-likeness (QED) is 0.410. The van der Waals surface area contributed by atoms with E-state index in [0.29, 0.717) is 41.3 Å². The Morgan fingerprint density at radius 3 is 2.86 bits per heavy atom. The van der Waals surface area contributed by atoms with Crippen molar-refractivity contribution in [2.24, 2.45) is 10.7 Å². The van der Waals surface area contributed by atoms with E-state index in [0.717, 1.165) is 17.5 Å². The summed E-state index contributed by atoms with van der Waals surface area (Å²) in [7, 11) is 0. The maximum absolute atomic E-state index is 10.5. The molecule has 0 radical (unpaired) electrons. The first kappa shape index (κ1) is 19.6. The average molecular weight is 403 g/mol. The highest BCUT2D eigenvalue weighted by molar-refractivity contribution is 6.01. The van der Waals surface area contributed by atoms with Crippen LogP contribution in [0.15, 0.2) is 22.8 Å². The van der Waals surface area contributed by atoms with Gasteiger partial charge in [-0.2, -0.15) is 14.8 Å². The number of aryl methyl sites for hydroxylation is 1. The predicted molar refractivity (Wildman–Crippen MR) is 105 cm³/mol. The number of aliphatic imine (C=N–C) groups is 1. The third-order valence-corrected chi connectivity index (χ3v) is 5.06. The minimum Gasteiger partial charge on any atom is -0.478 e. The van der Waals surface area contributed by atoms with Crippen molar-refractivity contribution in [2.75, 3.05) is 25.1 Å². The molecular weight excluding hydrogens is 378 g/mol. The van der Waals surface area contributed by atoms with E-state index in [9.17, 15) is 10.2 Å². The van der Waals surface area contributed by atoms with Crippen molar-refractivity contribution in [3.63, 3.8) is 0 Å². The molecule has 4 rings (SSSR count). The largest absolute Gasteiger partial charge is 0.478 e. The molecule has 0 aromatic carbocycles. The second-order valence-corrected chi connectivity index (χ2v) is 7.22. The van der Waals surface area contributed by atoms with Gasteiger partial charge in [0.05, 0.1) is 35.9 Å². The SMILES string of the molecule is CC(=NC1CCOCC1)/C1=C(\N)OCCC(O)(O)n2nc(C)c3cnc(nc32)N1. The van der Waals surface area contributed by atoms with Crippen LogP contribution in [0.1, 0.15) is 31.9 Å². The number of nitrogens with zero attached hydrogens (tertiary/aromatic N) is 5. The van der Waals surface area contributed by atoms with E-state index in [-0.39, 0.29) is 30.9 Å². The van der Waals surface area contributed by atoms with Crippen molar-refractivity contribution < 1.29 is 19.7 Å². The van der Waals surface area contributed by atoms with Crippen molar-refractivity contribution in [3.05, 3.63) is 23.5 Å². The number of nitrogens with two attached hydrogens (primary N) is 1. The summed E-state index contributed by atoms with van der Waals surface area (Å²) in [5.74, 6) is -1.98. The van der Waals surface area contributed by atoms with Gasteiger partial charge in [-0.3, -0.25) is 4.99 Å². The van der Waals surface area contributed by atoms with Crippen LogP contribution in [-0.4, -0.2) is 61.5 Å². The number of rotatable bonds is 2. The van der Waals surface area contributed by atoms with Crippen LogP contribution in [0.3, 0.4) is 0 Å². The molecule has 2 bridgehead atoms. The number of aliphatic hydroxyl groups is 2. The lowest BCUT2D eigenvalue weighted by molar-refractivity contribution is -0.242. The average Bonchev–Trinajstić information content (AvgIpc) is 3.02. The number of allylic oxidation sites excluding steroid dienone is 1. The summed E-state index contributed by atoms with van der Waals surface area (Å²) in [6.45, 7) is 4.90. The second-order valence-electron chi connectivity index (χ2n) is 7.22. The summed E-state index contributed by atoms with van der Waals surface area (Å²) in [4.78, 5) is 13.5. The summed E-state index contributed by atoms with van der Waals surface area (Å²) in [5, 5.41) is 28.9. The molecule has 156 valence electrons. The summed E-state index contributed by atoms with van der Waals surface area (Å²) < 4.78 is 12.0. The number of anilines is 1. The first-order valence-electron chi connectivity index (χ1n) is 9.55. The minimum atomic E-state index is -2.28. The lowest BCUT2D eigenvalue weighted by Gasteiger charge is -2.22. The third kappa shape index (κ3) is 3.88. The monoisotopic (exact) mass is 403 g/mol. The van der Waals surface area contributed by atoms with Crippen molar-refractivity contribution in [2.45, 2.75) is 45.1 Å². The van der Waals surface area contributed by atoms with Crippen molar-refractivity contribution in [1.82, 2.24) is 19.7 Å². The van der Waals surface area contributed by atoms with E-state index >= 15 is 0 Å². The molecule has 1 saturated heterocycles. The summed E-state index contributed by atoms with van der Waals surface area (Å²) >= 11 is 0. The zero-order chi connectivity index (χ0) is 20.6. The molecule has 2 aliphatic rings. The number of ether oxygens (including phenoxy) is 2. The van der Waals surface area contributed by atoms with Crippen LogP contribution in [0.5, 0.6) is 0 Å². The number of aromatic nitrogens is 4. The predicted octanol–water partition coefficient (Wildman–Crippen LogP) is 0.330. The standard InChI is InChI=1S/C18H25N7O4/c1-10-13-9-20-17-22-14(11(2)21-12-3-6-28-7-4-12)15(19)29-8-5-18(26,27)25(24-10)16(13)23-17/h9,12,26-27H,3-8,19H2,1-2H3,(H,20,22,23)/b15-14-,21-11?. The zero-order valence-corrected chi connectivity index (χ0v) is 16.4. The fourth-order valence-corrected chi connectivity index (χ4v) is 3.42. The van der Waals surface area contributed by atoms with E-state index in [1.54, 1.807) is 13.1 Å². The molecule has 0 spiro atoms. The molecule has 0 saturated carbocycles. The molecule has 11 heteroatoms. The number of hydrogen-bond donors (Lipinski definition) is 4. The highest BCUT2D eigenvalue weighted by Gasteiger charge is 2.31. The van der Waals surface area contributed by atoms with E-state index in [1.807, 2.05) is 6.92 Å². The van der Waals surface area contributed by atoms with Gasteiger partial charge in [0, 0.05) is 19.4 Å². The summed E-state index contributed by atoms with van der Waals surface area (Å²) in [6.07, 6.45) is 3.09. The Labute approximate surface area is 167 Å². The van der Waals surface area contributed by atoms with Gasteiger partial charge >= 0.3 is 0 Å². The van der Waals surface area contributed by atoms with E-state index in [2.05, 4.69) is 20.4 Å². The zero-order valence-electron chi connectivity index (χ0n) is 16.4. The van der Waals surface area contributed by atoms with Gasteiger partial charge in [-0.15, -0.1) is 0 Å². The van der Waals surface area contributed by atoms with Gasteiger partial charge < -0.3 is 30.7 Å². The highest BCUT2D eigenvalue weighted by atomic mass is 16.5. The maximum atomic E-state index is 10.5. The van der Waals surface area contributed by atoms with Crippen LogP contribution < -0.4 is 11.1 Å². The smallest absolute Gasteiger partial charge is 0.271 e. The van der Waals surface area contributed by atoms with Crippen LogP contribution in [-0.2, 0) is 15.4 Å². The van der Waals surface area contributed by atoms with Gasteiger partial charge in [-0.1, -0.05) is 0 Å². The van der Waals surface area contributed by atoms with Crippen LogP contribution in [0, 0.1) is 6.92 Å². The lowest BCUT2D eigenvalue weighted by Crippen LogP contribution is -2.35. The first-order chi connectivity index (χ1) is 13.8. The molecule has 2 aromatic heterocycles. The molecule has 11 nitrogen and oxygen atoms in total. The second kappa shape index (κ2) is 7.58. The molecule has 0 amide bonds. The van der Waals surface area contributed by atoms with Gasteiger partial charge in [-0.25, -0.2) is 4.98 Å². The summed E-state index contributed by atoms with van der Waals surface area (Å²) in [6, 6.07) is 0.138. The van der Waals surface area contributed by atoms with Gasteiger partial charge in [0.25, 0.3) is 5.91 Å².